The summed E-state index contributed by atoms with van der Waals surface area (Å²) in [5, 5.41) is 3.20. The molecule has 6 nitrogen and oxygen atoms in total. The van der Waals surface area contributed by atoms with Gasteiger partial charge in [-0.15, -0.1) is 23.7 Å². The van der Waals surface area contributed by atoms with Crippen molar-refractivity contribution in [3.8, 4) is 10.6 Å². The number of para-hydroxylation sites is 2. The van der Waals surface area contributed by atoms with E-state index in [9.17, 15) is 4.79 Å². The molecule has 1 saturated heterocycles. The van der Waals surface area contributed by atoms with Crippen LogP contribution in [0, 0.1) is 0 Å². The van der Waals surface area contributed by atoms with Gasteiger partial charge in [0.15, 0.2) is 0 Å². The van der Waals surface area contributed by atoms with Gasteiger partial charge in [-0.3, -0.25) is 9.69 Å². The lowest BCUT2D eigenvalue weighted by molar-refractivity contribution is -0.133. The maximum Gasteiger partial charge on any atom is 0.242 e. The average molecular weight is 454 g/mol. The zero-order chi connectivity index (χ0) is 20.3. The minimum Gasteiger partial charge on any atom is -0.339 e. The van der Waals surface area contributed by atoms with Crippen molar-refractivity contribution in [1.29, 1.82) is 0 Å². The summed E-state index contributed by atoms with van der Waals surface area (Å²) in [4.78, 5) is 26.3. The van der Waals surface area contributed by atoms with E-state index in [-0.39, 0.29) is 18.3 Å². The topological polar surface area (TPSA) is 54.3 Å². The molecule has 3 heterocycles. The van der Waals surface area contributed by atoms with E-state index in [0.717, 1.165) is 60.0 Å². The molecule has 1 aliphatic rings. The molecule has 1 fully saturated rings. The number of thiazole rings is 1. The highest BCUT2D eigenvalue weighted by atomic mass is 35.5. The summed E-state index contributed by atoms with van der Waals surface area (Å²) >= 11 is 1.69. The Bertz CT molecular complexity index is 1150. The van der Waals surface area contributed by atoms with Gasteiger partial charge >= 0.3 is 0 Å². The number of carbonyl (C=O) groups is 1. The van der Waals surface area contributed by atoms with Crippen LogP contribution in [0.15, 0.2) is 66.3 Å². The summed E-state index contributed by atoms with van der Waals surface area (Å²) < 4.78 is 1.93. The van der Waals surface area contributed by atoms with E-state index in [2.05, 4.69) is 27.4 Å². The van der Waals surface area contributed by atoms with Crippen LogP contribution < -0.4 is 0 Å². The summed E-state index contributed by atoms with van der Waals surface area (Å²) in [5.41, 5.74) is 4.19. The van der Waals surface area contributed by atoms with Gasteiger partial charge in [-0.05, 0) is 12.1 Å². The molecule has 1 aliphatic heterocycles. The van der Waals surface area contributed by atoms with E-state index < -0.39 is 0 Å². The zero-order valence-electron chi connectivity index (χ0n) is 17.1. The fraction of sp³-hybridized carbons (Fsp3) is 0.261. The lowest BCUT2D eigenvalue weighted by Crippen LogP contribution is -2.49. The molecular weight excluding hydrogens is 430 g/mol. The van der Waals surface area contributed by atoms with Crippen molar-refractivity contribution in [2.75, 3.05) is 26.2 Å². The number of rotatable bonds is 5. The van der Waals surface area contributed by atoms with Crippen molar-refractivity contribution >= 4 is 40.7 Å². The number of nitrogens with zero attached hydrogens (tertiary/aromatic N) is 5. The van der Waals surface area contributed by atoms with Crippen molar-refractivity contribution in [3.05, 3.63) is 72.0 Å². The van der Waals surface area contributed by atoms with E-state index in [4.69, 9.17) is 4.98 Å². The van der Waals surface area contributed by atoms with Crippen molar-refractivity contribution in [3.63, 3.8) is 0 Å². The normalized spacial score (nSPS) is 14.5. The third-order valence-electron chi connectivity index (χ3n) is 5.52. The molecular formula is C23H24ClN5OS. The maximum atomic E-state index is 12.8. The lowest BCUT2D eigenvalue weighted by atomic mass is 10.2. The van der Waals surface area contributed by atoms with Crippen LogP contribution in [0.25, 0.3) is 21.6 Å². The Balaban J connectivity index is 0.00000231. The summed E-state index contributed by atoms with van der Waals surface area (Å²) in [6.07, 6.45) is 1.76. The molecule has 0 N–H and O–H groups in total. The summed E-state index contributed by atoms with van der Waals surface area (Å²) in [6, 6.07) is 18.2. The van der Waals surface area contributed by atoms with E-state index in [0.29, 0.717) is 6.54 Å². The van der Waals surface area contributed by atoms with Gasteiger partial charge in [0.25, 0.3) is 0 Å². The van der Waals surface area contributed by atoms with Crippen molar-refractivity contribution in [1.82, 2.24) is 24.3 Å². The number of piperazine rings is 1. The number of hydrogen-bond acceptors (Lipinski definition) is 5. The van der Waals surface area contributed by atoms with E-state index in [1.807, 2.05) is 51.9 Å². The van der Waals surface area contributed by atoms with Crippen LogP contribution in [-0.2, 0) is 17.9 Å². The van der Waals surface area contributed by atoms with Crippen LogP contribution in [0.2, 0.25) is 0 Å². The Hall–Kier alpha value is -2.74. The first-order valence-electron chi connectivity index (χ1n) is 10.2. The fourth-order valence-corrected chi connectivity index (χ4v) is 4.68. The van der Waals surface area contributed by atoms with E-state index >= 15 is 0 Å². The van der Waals surface area contributed by atoms with Crippen molar-refractivity contribution in [2.45, 2.75) is 13.1 Å². The van der Waals surface area contributed by atoms with Gasteiger partial charge in [0.1, 0.15) is 11.6 Å². The molecule has 0 saturated carbocycles. The smallest absolute Gasteiger partial charge is 0.242 e. The summed E-state index contributed by atoms with van der Waals surface area (Å²) in [5.74, 6) is 0.151. The molecule has 5 rings (SSSR count). The number of halogens is 1. The zero-order valence-corrected chi connectivity index (χ0v) is 18.7. The quantitative estimate of drug-likeness (QED) is 0.459. The predicted molar refractivity (Wildman–Crippen MR) is 126 cm³/mol. The number of fused-ring (bicyclic) bond motifs is 1. The predicted octanol–water partition coefficient (Wildman–Crippen LogP) is 3.93. The second-order valence-electron chi connectivity index (χ2n) is 7.53. The minimum absolute atomic E-state index is 0. The van der Waals surface area contributed by atoms with Crippen LogP contribution >= 0.6 is 23.7 Å². The molecule has 2 aromatic carbocycles. The standard InChI is InChI=1S/C23H23N5OS.ClH/c29-22(15-28-17-24-20-8-4-5-9-21(20)28)27-12-10-26(11-13-27)14-19-16-30-23(25-19)18-6-2-1-3-7-18;/h1-9,16-17H,10-15H2;1H. The van der Waals surface area contributed by atoms with Crippen LogP contribution in [-0.4, -0.2) is 56.4 Å². The number of hydrogen-bond donors (Lipinski definition) is 0. The Kier molecular flexibility index (Phi) is 6.65. The highest BCUT2D eigenvalue weighted by Gasteiger charge is 2.22. The number of benzene rings is 2. The SMILES string of the molecule is Cl.O=C(Cn1cnc2ccccc21)N1CCN(Cc2csc(-c3ccccc3)n2)CC1. The summed E-state index contributed by atoms with van der Waals surface area (Å²) in [6.45, 7) is 4.41. The first-order valence-corrected chi connectivity index (χ1v) is 11.0. The van der Waals surface area contributed by atoms with Gasteiger partial charge in [0, 0.05) is 43.7 Å². The van der Waals surface area contributed by atoms with Gasteiger partial charge in [0.2, 0.25) is 5.91 Å². The minimum atomic E-state index is 0. The largest absolute Gasteiger partial charge is 0.339 e. The van der Waals surface area contributed by atoms with Crippen LogP contribution in [0.4, 0.5) is 0 Å². The molecule has 0 spiro atoms. The highest BCUT2D eigenvalue weighted by molar-refractivity contribution is 7.13. The Morgan fingerprint density at radius 2 is 1.71 bits per heavy atom. The first kappa shape index (κ1) is 21.5. The fourth-order valence-electron chi connectivity index (χ4n) is 3.86. The highest BCUT2D eigenvalue weighted by Crippen LogP contribution is 2.24. The van der Waals surface area contributed by atoms with Crippen molar-refractivity contribution in [2.24, 2.45) is 0 Å². The second-order valence-corrected chi connectivity index (χ2v) is 8.39. The Morgan fingerprint density at radius 3 is 2.52 bits per heavy atom. The van der Waals surface area contributed by atoms with Gasteiger partial charge in [-0.25, -0.2) is 9.97 Å². The summed E-state index contributed by atoms with van der Waals surface area (Å²) in [7, 11) is 0. The third-order valence-corrected chi connectivity index (χ3v) is 6.46. The van der Waals surface area contributed by atoms with Crippen LogP contribution in [0.3, 0.4) is 0 Å². The second kappa shape index (κ2) is 9.60. The third kappa shape index (κ3) is 4.79. The van der Waals surface area contributed by atoms with Crippen LogP contribution in [0.5, 0.6) is 0 Å². The van der Waals surface area contributed by atoms with Gasteiger partial charge in [-0.1, -0.05) is 42.5 Å². The average Bonchev–Trinajstić information content (AvgIpc) is 3.42. The van der Waals surface area contributed by atoms with Crippen LogP contribution in [0.1, 0.15) is 5.69 Å². The molecule has 2 aromatic heterocycles. The van der Waals surface area contributed by atoms with Gasteiger partial charge < -0.3 is 9.47 Å². The van der Waals surface area contributed by atoms with Gasteiger partial charge in [0.05, 0.1) is 23.1 Å². The number of aromatic nitrogens is 3. The Labute approximate surface area is 191 Å². The molecule has 0 aliphatic carbocycles. The molecule has 4 aromatic rings. The van der Waals surface area contributed by atoms with E-state index in [1.165, 1.54) is 0 Å². The number of carbonyl (C=O) groups excluding carboxylic acids is 1. The molecule has 0 bridgehead atoms. The molecule has 8 heteroatoms. The number of amides is 1. The number of imidazole rings is 1. The monoisotopic (exact) mass is 453 g/mol. The Morgan fingerprint density at radius 1 is 0.968 bits per heavy atom. The first-order chi connectivity index (χ1) is 14.8. The van der Waals surface area contributed by atoms with E-state index in [1.54, 1.807) is 17.7 Å². The molecule has 160 valence electrons. The molecule has 0 radical (unpaired) electrons. The maximum absolute atomic E-state index is 12.8. The van der Waals surface area contributed by atoms with Gasteiger partial charge in [-0.2, -0.15) is 0 Å². The van der Waals surface area contributed by atoms with Crippen molar-refractivity contribution < 1.29 is 4.79 Å². The molecule has 0 atom stereocenters. The molecule has 0 unspecified atom stereocenters. The molecule has 1 amide bonds. The molecule has 31 heavy (non-hydrogen) atoms. The lowest BCUT2D eigenvalue weighted by Gasteiger charge is -2.34.